The summed E-state index contributed by atoms with van der Waals surface area (Å²) in [6.45, 7) is -3.00. The highest BCUT2D eigenvalue weighted by atomic mass is 19.3. The van der Waals surface area contributed by atoms with Crippen molar-refractivity contribution in [2.75, 3.05) is 12.4 Å². The Bertz CT molecular complexity index is 898. The summed E-state index contributed by atoms with van der Waals surface area (Å²) in [4.78, 5) is 12.6. The zero-order chi connectivity index (χ0) is 18.5. The van der Waals surface area contributed by atoms with E-state index in [1.165, 1.54) is 30.0 Å². The number of carbonyl (C=O) groups excluding carboxylic acids is 1. The first-order valence-electron chi connectivity index (χ1n) is 7.62. The number of nitrogens with one attached hydrogen (secondary N) is 1. The Morgan fingerprint density at radius 2 is 1.77 bits per heavy atom. The lowest BCUT2D eigenvalue weighted by Gasteiger charge is -2.11. The number of aromatic nitrogens is 2. The Labute approximate surface area is 148 Å². The van der Waals surface area contributed by atoms with Gasteiger partial charge in [0.2, 0.25) is 0 Å². The van der Waals surface area contributed by atoms with E-state index in [0.717, 1.165) is 5.69 Å². The molecule has 0 aliphatic carbocycles. The number of hydrogen-bond donors (Lipinski definition) is 1. The van der Waals surface area contributed by atoms with Crippen molar-refractivity contribution in [1.29, 1.82) is 0 Å². The fourth-order valence-electron chi connectivity index (χ4n) is 2.33. The fourth-order valence-corrected chi connectivity index (χ4v) is 2.33. The molecule has 3 aromatic rings. The van der Waals surface area contributed by atoms with E-state index in [1.54, 1.807) is 12.3 Å². The lowest BCUT2D eigenvalue weighted by Crippen LogP contribution is -2.15. The summed E-state index contributed by atoms with van der Waals surface area (Å²) < 4.78 is 36.1. The molecular formula is C18H15F2N3O3. The van der Waals surface area contributed by atoms with E-state index in [9.17, 15) is 13.6 Å². The number of nitrogens with zero attached hydrogens (tertiary/aromatic N) is 2. The highest BCUT2D eigenvalue weighted by Crippen LogP contribution is 2.27. The third-order valence-electron chi connectivity index (χ3n) is 3.49. The van der Waals surface area contributed by atoms with Crippen LogP contribution in [0.5, 0.6) is 11.5 Å². The van der Waals surface area contributed by atoms with E-state index in [4.69, 9.17) is 4.74 Å². The fraction of sp³-hybridized carbons (Fsp3) is 0.111. The van der Waals surface area contributed by atoms with Gasteiger partial charge in [0.15, 0.2) is 11.4 Å². The Morgan fingerprint density at radius 3 is 2.46 bits per heavy atom. The molecule has 1 amide bonds. The van der Waals surface area contributed by atoms with Crippen molar-refractivity contribution in [3.8, 4) is 17.2 Å². The molecule has 1 N–H and O–H groups in total. The molecule has 6 nitrogen and oxygen atoms in total. The van der Waals surface area contributed by atoms with Gasteiger partial charge in [-0.25, -0.2) is 4.68 Å². The third kappa shape index (κ3) is 3.80. The number of carbonyl (C=O) groups is 1. The Morgan fingerprint density at radius 1 is 1.08 bits per heavy atom. The molecule has 134 valence electrons. The molecule has 26 heavy (non-hydrogen) atoms. The topological polar surface area (TPSA) is 65.4 Å². The Balaban J connectivity index is 1.88. The first-order valence-corrected chi connectivity index (χ1v) is 7.62. The summed E-state index contributed by atoms with van der Waals surface area (Å²) in [7, 11) is 1.41. The van der Waals surface area contributed by atoms with Gasteiger partial charge in [-0.05, 0) is 24.3 Å². The minimum Gasteiger partial charge on any atom is -0.493 e. The molecule has 8 heteroatoms. The number of methoxy groups -OCH3 is 1. The number of amides is 1. The van der Waals surface area contributed by atoms with Gasteiger partial charge in [-0.1, -0.05) is 30.3 Å². The molecule has 3 rings (SSSR count). The molecular weight excluding hydrogens is 344 g/mol. The number of ether oxygens (including phenoxy) is 2. The van der Waals surface area contributed by atoms with Crippen LogP contribution in [0.4, 0.5) is 14.5 Å². The van der Waals surface area contributed by atoms with Crippen LogP contribution in [0.3, 0.4) is 0 Å². The molecule has 0 saturated carbocycles. The van der Waals surface area contributed by atoms with Crippen molar-refractivity contribution >= 4 is 11.6 Å². The average molecular weight is 359 g/mol. The summed E-state index contributed by atoms with van der Waals surface area (Å²) >= 11 is 0. The van der Waals surface area contributed by atoms with Crippen molar-refractivity contribution in [2.45, 2.75) is 6.61 Å². The van der Waals surface area contributed by atoms with Crippen molar-refractivity contribution in [2.24, 2.45) is 0 Å². The van der Waals surface area contributed by atoms with Crippen molar-refractivity contribution in [3.63, 3.8) is 0 Å². The minimum absolute atomic E-state index is 0.0169. The quantitative estimate of drug-likeness (QED) is 0.728. The zero-order valence-corrected chi connectivity index (χ0v) is 13.7. The van der Waals surface area contributed by atoms with Gasteiger partial charge in [0.05, 0.1) is 24.7 Å². The van der Waals surface area contributed by atoms with E-state index >= 15 is 0 Å². The van der Waals surface area contributed by atoms with Crippen LogP contribution in [-0.2, 0) is 0 Å². The molecule has 0 saturated heterocycles. The van der Waals surface area contributed by atoms with Crippen LogP contribution in [0.1, 0.15) is 10.5 Å². The highest BCUT2D eigenvalue weighted by molar-refractivity contribution is 6.05. The van der Waals surface area contributed by atoms with Gasteiger partial charge >= 0.3 is 6.61 Å². The highest BCUT2D eigenvalue weighted by Gasteiger charge is 2.20. The maximum atomic E-state index is 12.6. The average Bonchev–Trinajstić information content (AvgIpc) is 3.08. The predicted molar refractivity (Wildman–Crippen MR) is 91.1 cm³/mol. The summed E-state index contributed by atoms with van der Waals surface area (Å²) in [5.41, 5.74) is 0.864. The Hall–Kier alpha value is -3.42. The number of rotatable bonds is 6. The lowest BCUT2D eigenvalue weighted by molar-refractivity contribution is -0.0493. The van der Waals surface area contributed by atoms with Gasteiger partial charge in [0.1, 0.15) is 5.75 Å². The molecule has 0 spiro atoms. The van der Waals surface area contributed by atoms with Crippen LogP contribution in [0.2, 0.25) is 0 Å². The van der Waals surface area contributed by atoms with Gasteiger partial charge in [0, 0.05) is 0 Å². The van der Waals surface area contributed by atoms with Gasteiger partial charge < -0.3 is 14.8 Å². The molecule has 2 aromatic carbocycles. The molecule has 0 aliphatic rings. The molecule has 0 unspecified atom stereocenters. The Kier molecular flexibility index (Phi) is 5.12. The molecule has 0 atom stereocenters. The standard InChI is InChI=1S/C18H15F2N3O3/c1-25-15-11-23(12-7-3-2-4-8-12)22-16(15)17(24)21-13-9-5-6-10-14(13)26-18(19)20/h2-11,18H,1H3,(H,21,24). The van der Waals surface area contributed by atoms with Crippen molar-refractivity contribution in [1.82, 2.24) is 9.78 Å². The lowest BCUT2D eigenvalue weighted by atomic mass is 10.2. The second-order valence-electron chi connectivity index (χ2n) is 5.15. The summed E-state index contributed by atoms with van der Waals surface area (Å²) in [6, 6.07) is 15.1. The van der Waals surface area contributed by atoms with Crippen LogP contribution >= 0.6 is 0 Å². The maximum Gasteiger partial charge on any atom is 0.387 e. The smallest absolute Gasteiger partial charge is 0.387 e. The van der Waals surface area contributed by atoms with Crippen LogP contribution in [0, 0.1) is 0 Å². The van der Waals surface area contributed by atoms with E-state index in [0.29, 0.717) is 0 Å². The van der Waals surface area contributed by atoms with Gasteiger partial charge in [-0.15, -0.1) is 0 Å². The minimum atomic E-state index is -3.00. The van der Waals surface area contributed by atoms with Gasteiger partial charge in [-0.3, -0.25) is 4.79 Å². The summed E-state index contributed by atoms with van der Waals surface area (Å²) in [5, 5.41) is 6.75. The number of hydrogen-bond acceptors (Lipinski definition) is 4. The summed E-state index contributed by atoms with van der Waals surface area (Å²) in [6.07, 6.45) is 1.56. The largest absolute Gasteiger partial charge is 0.493 e. The molecule has 0 aliphatic heterocycles. The van der Waals surface area contributed by atoms with E-state index in [-0.39, 0.29) is 22.9 Å². The number of halogens is 2. The van der Waals surface area contributed by atoms with Gasteiger partial charge in [0.25, 0.3) is 5.91 Å². The van der Waals surface area contributed by atoms with E-state index < -0.39 is 12.5 Å². The van der Waals surface area contributed by atoms with Gasteiger partial charge in [-0.2, -0.15) is 13.9 Å². The SMILES string of the molecule is COc1cn(-c2ccccc2)nc1C(=O)Nc1ccccc1OC(F)F. The molecule has 0 radical (unpaired) electrons. The monoisotopic (exact) mass is 359 g/mol. The van der Waals surface area contributed by atoms with Crippen LogP contribution in [0.25, 0.3) is 5.69 Å². The van der Waals surface area contributed by atoms with Crippen molar-refractivity contribution in [3.05, 3.63) is 66.5 Å². The normalized spacial score (nSPS) is 10.6. The van der Waals surface area contributed by atoms with Crippen molar-refractivity contribution < 1.29 is 23.0 Å². The first kappa shape index (κ1) is 17.4. The first-order chi connectivity index (χ1) is 12.6. The number of para-hydroxylation sites is 3. The number of anilines is 1. The predicted octanol–water partition coefficient (Wildman–Crippen LogP) is 3.73. The maximum absolute atomic E-state index is 12.6. The van der Waals surface area contributed by atoms with Crippen LogP contribution in [0.15, 0.2) is 60.8 Å². The number of alkyl halides is 2. The van der Waals surface area contributed by atoms with E-state index in [1.807, 2.05) is 30.3 Å². The molecule has 0 fully saturated rings. The summed E-state index contributed by atoms with van der Waals surface area (Å²) in [5.74, 6) is -0.502. The second kappa shape index (κ2) is 7.64. The zero-order valence-electron chi connectivity index (χ0n) is 13.7. The molecule has 0 bridgehead atoms. The van der Waals surface area contributed by atoms with Crippen LogP contribution < -0.4 is 14.8 Å². The van der Waals surface area contributed by atoms with Crippen LogP contribution in [-0.4, -0.2) is 29.4 Å². The third-order valence-corrected chi connectivity index (χ3v) is 3.49. The molecule has 1 heterocycles. The van der Waals surface area contributed by atoms with E-state index in [2.05, 4.69) is 15.2 Å². The molecule has 1 aromatic heterocycles. The number of benzene rings is 2. The second-order valence-corrected chi connectivity index (χ2v) is 5.15.